The first-order valence-corrected chi connectivity index (χ1v) is 5.38. The van der Waals surface area contributed by atoms with Gasteiger partial charge in [-0.25, -0.2) is 9.79 Å². The summed E-state index contributed by atoms with van der Waals surface area (Å²) >= 11 is 8.98. The van der Waals surface area contributed by atoms with Crippen LogP contribution in [0.25, 0.3) is 0 Å². The van der Waals surface area contributed by atoms with E-state index in [0.29, 0.717) is 10.7 Å². The smallest absolute Gasteiger partial charge is 0.351 e. The maximum Gasteiger partial charge on any atom is 0.351 e. The van der Waals surface area contributed by atoms with Crippen LogP contribution >= 0.6 is 27.5 Å². The van der Waals surface area contributed by atoms with Crippen LogP contribution in [0.3, 0.4) is 0 Å². The van der Waals surface area contributed by atoms with Crippen molar-refractivity contribution in [1.82, 2.24) is 0 Å². The zero-order valence-electron chi connectivity index (χ0n) is 7.83. The number of hydrogen-bond acceptors (Lipinski definition) is 3. The van der Waals surface area contributed by atoms with Gasteiger partial charge in [0.05, 0.1) is 12.8 Å². The van der Waals surface area contributed by atoms with Gasteiger partial charge in [-0.15, -0.1) is 0 Å². The van der Waals surface area contributed by atoms with E-state index in [-0.39, 0.29) is 0 Å². The Balaban J connectivity index is 2.20. The van der Waals surface area contributed by atoms with Crippen molar-refractivity contribution >= 4 is 39.2 Å². The summed E-state index contributed by atoms with van der Waals surface area (Å²) in [6.07, 6.45) is 0. The van der Waals surface area contributed by atoms with Crippen molar-refractivity contribution in [3.05, 3.63) is 34.9 Å². The van der Waals surface area contributed by atoms with Gasteiger partial charge in [0.15, 0.2) is 0 Å². The molecule has 0 aliphatic carbocycles. The second kappa shape index (κ2) is 3.61. The van der Waals surface area contributed by atoms with Gasteiger partial charge in [-0.3, -0.25) is 0 Å². The predicted molar refractivity (Wildman–Crippen MR) is 61.7 cm³/mol. The Morgan fingerprint density at radius 2 is 2.07 bits per heavy atom. The first kappa shape index (κ1) is 10.6. The number of aliphatic imine (C=N–C) groups is 1. The molecular weight excluding hydrogens is 281 g/mol. The summed E-state index contributed by atoms with van der Waals surface area (Å²) in [5.74, 6) is -0.410. The molecule has 0 spiro atoms. The third-order valence-corrected chi connectivity index (χ3v) is 3.23. The molecule has 15 heavy (non-hydrogen) atoms. The molecule has 0 amide bonds. The van der Waals surface area contributed by atoms with Crippen LogP contribution in [0.1, 0.15) is 5.56 Å². The first-order chi connectivity index (χ1) is 7.08. The number of ether oxygens (including phenoxy) is 1. The van der Waals surface area contributed by atoms with Gasteiger partial charge in [-0.1, -0.05) is 23.7 Å². The number of benzene rings is 1. The average Bonchev–Trinajstić information content (AvgIpc) is 2.92. The maximum atomic E-state index is 11.3. The molecule has 0 fully saturated rings. The van der Waals surface area contributed by atoms with Crippen molar-refractivity contribution in [3.63, 3.8) is 0 Å². The molecule has 1 unspecified atom stereocenters. The third kappa shape index (κ3) is 1.79. The van der Waals surface area contributed by atoms with Crippen LogP contribution < -0.4 is 0 Å². The first-order valence-electron chi connectivity index (χ1n) is 4.21. The van der Waals surface area contributed by atoms with Gasteiger partial charge < -0.3 is 4.74 Å². The van der Waals surface area contributed by atoms with E-state index >= 15 is 0 Å². The number of rotatable bonds is 2. The topological polar surface area (TPSA) is 38.7 Å². The Kier molecular flexibility index (Phi) is 2.56. The van der Waals surface area contributed by atoms with Crippen LogP contribution in [0.5, 0.6) is 0 Å². The summed E-state index contributed by atoms with van der Waals surface area (Å²) in [6.45, 7) is 0. The largest absolute Gasteiger partial charge is 0.466 e. The lowest BCUT2D eigenvalue weighted by molar-refractivity contribution is -0.140. The molecule has 0 bridgehead atoms. The number of halogens is 2. The Bertz CT molecular complexity index is 443. The Morgan fingerprint density at radius 1 is 1.47 bits per heavy atom. The predicted octanol–water partition coefficient (Wildman–Crippen LogP) is 2.41. The van der Waals surface area contributed by atoms with Gasteiger partial charge >= 0.3 is 5.97 Å². The molecule has 1 atom stereocenters. The standard InChI is InChI=1S/C10H7BrClNO2/c1-15-9(14)10(11)8(13-10)6-2-4-7(12)5-3-6/h2-5H,1H3. The van der Waals surface area contributed by atoms with Gasteiger partial charge in [0.25, 0.3) is 4.45 Å². The van der Waals surface area contributed by atoms with Gasteiger partial charge in [0.2, 0.25) is 0 Å². The molecule has 1 aromatic carbocycles. The zero-order valence-corrected chi connectivity index (χ0v) is 10.2. The highest BCUT2D eigenvalue weighted by Crippen LogP contribution is 2.39. The summed E-state index contributed by atoms with van der Waals surface area (Å²) in [5.41, 5.74) is 1.53. The number of methoxy groups -OCH3 is 1. The molecule has 78 valence electrons. The molecule has 0 saturated carbocycles. The van der Waals surface area contributed by atoms with Crippen molar-refractivity contribution in [2.24, 2.45) is 4.99 Å². The van der Waals surface area contributed by atoms with E-state index < -0.39 is 10.4 Å². The SMILES string of the molecule is COC(=O)C1(Br)N=C1c1ccc(Cl)cc1. The maximum absolute atomic E-state index is 11.3. The van der Waals surface area contributed by atoms with Crippen molar-refractivity contribution in [1.29, 1.82) is 0 Å². The minimum Gasteiger partial charge on any atom is -0.466 e. The van der Waals surface area contributed by atoms with Crippen LogP contribution in [0.4, 0.5) is 0 Å². The van der Waals surface area contributed by atoms with Crippen LogP contribution in [0.15, 0.2) is 29.3 Å². The zero-order chi connectivity index (χ0) is 11.1. The monoisotopic (exact) mass is 287 g/mol. The Morgan fingerprint density at radius 3 is 2.60 bits per heavy atom. The molecule has 0 radical (unpaired) electrons. The Labute approximate surface area is 100 Å². The van der Waals surface area contributed by atoms with Gasteiger partial charge in [0, 0.05) is 5.02 Å². The van der Waals surface area contributed by atoms with Gasteiger partial charge in [-0.05, 0) is 33.6 Å². The molecule has 1 aliphatic rings. The van der Waals surface area contributed by atoms with E-state index in [0.717, 1.165) is 5.56 Å². The van der Waals surface area contributed by atoms with E-state index in [1.54, 1.807) is 12.1 Å². The molecule has 1 heterocycles. The Hall–Kier alpha value is -0.870. The summed E-state index contributed by atoms with van der Waals surface area (Å²) in [6, 6.07) is 7.13. The second-order valence-electron chi connectivity index (χ2n) is 3.08. The molecule has 1 aromatic rings. The van der Waals surface area contributed by atoms with Gasteiger partial charge in [-0.2, -0.15) is 0 Å². The summed E-state index contributed by atoms with van der Waals surface area (Å²) in [4.78, 5) is 15.4. The van der Waals surface area contributed by atoms with E-state index in [9.17, 15) is 4.79 Å². The fourth-order valence-corrected chi connectivity index (χ4v) is 1.96. The quantitative estimate of drug-likeness (QED) is 0.476. The van der Waals surface area contributed by atoms with Crippen LogP contribution in [-0.4, -0.2) is 23.2 Å². The fourth-order valence-electron chi connectivity index (χ4n) is 1.27. The van der Waals surface area contributed by atoms with E-state index in [1.807, 2.05) is 12.1 Å². The molecule has 0 aromatic heterocycles. The van der Waals surface area contributed by atoms with Gasteiger partial charge in [0.1, 0.15) is 0 Å². The fraction of sp³-hybridized carbons (Fsp3) is 0.200. The summed E-state index contributed by atoms with van der Waals surface area (Å²) in [5, 5.41) is 0.651. The number of esters is 1. The molecular formula is C10H7BrClNO2. The minimum absolute atomic E-state index is 0.410. The number of nitrogens with zero attached hydrogens (tertiary/aromatic N) is 1. The van der Waals surface area contributed by atoms with Crippen molar-refractivity contribution < 1.29 is 9.53 Å². The molecule has 0 saturated heterocycles. The molecule has 5 heteroatoms. The lowest BCUT2D eigenvalue weighted by Crippen LogP contribution is -2.24. The molecule has 2 rings (SSSR count). The van der Waals surface area contributed by atoms with Crippen LogP contribution in [0.2, 0.25) is 5.02 Å². The number of alkyl halides is 1. The van der Waals surface area contributed by atoms with Crippen molar-refractivity contribution in [3.8, 4) is 0 Å². The van der Waals surface area contributed by atoms with Crippen LogP contribution in [0, 0.1) is 0 Å². The normalized spacial score (nSPS) is 23.3. The molecule has 3 nitrogen and oxygen atoms in total. The average molecular weight is 289 g/mol. The van der Waals surface area contributed by atoms with Crippen molar-refractivity contribution in [2.45, 2.75) is 4.45 Å². The summed E-state index contributed by atoms with van der Waals surface area (Å²) in [7, 11) is 1.33. The number of carbonyl (C=O) groups is 1. The van der Waals surface area contributed by atoms with E-state index in [4.69, 9.17) is 11.6 Å². The third-order valence-electron chi connectivity index (χ3n) is 2.10. The number of hydrogen-bond donors (Lipinski definition) is 0. The summed E-state index contributed by atoms with van der Waals surface area (Å²) < 4.78 is 3.65. The highest BCUT2D eigenvalue weighted by molar-refractivity contribution is 9.10. The molecule has 0 N–H and O–H groups in total. The number of carbonyl (C=O) groups excluding carboxylic acids is 1. The van der Waals surface area contributed by atoms with E-state index in [2.05, 4.69) is 25.7 Å². The molecule has 1 aliphatic heterocycles. The lowest BCUT2D eigenvalue weighted by Gasteiger charge is -2.03. The highest BCUT2D eigenvalue weighted by atomic mass is 79.9. The lowest BCUT2D eigenvalue weighted by atomic mass is 10.1. The second-order valence-corrected chi connectivity index (χ2v) is 4.67. The minimum atomic E-state index is -0.977. The van der Waals surface area contributed by atoms with E-state index in [1.165, 1.54) is 7.11 Å². The highest BCUT2D eigenvalue weighted by Gasteiger charge is 2.53. The van der Waals surface area contributed by atoms with Crippen LogP contribution in [-0.2, 0) is 9.53 Å². The van der Waals surface area contributed by atoms with Crippen molar-refractivity contribution in [2.75, 3.05) is 7.11 Å².